The molecule has 0 bridgehead atoms. The first kappa shape index (κ1) is 15.6. The molecule has 0 unspecified atom stereocenters. The molecule has 2 rings (SSSR count). The number of hydrogen-bond donors (Lipinski definition) is 0. The van der Waals surface area contributed by atoms with Crippen molar-refractivity contribution in [3.8, 4) is 11.8 Å². The predicted molar refractivity (Wildman–Crippen MR) is 75.7 cm³/mol. The van der Waals surface area contributed by atoms with Crippen LogP contribution in [0.2, 0.25) is 0 Å². The van der Waals surface area contributed by atoms with E-state index >= 15 is 0 Å². The number of pyridine rings is 1. The van der Waals surface area contributed by atoms with E-state index in [1.807, 2.05) is 6.07 Å². The lowest BCUT2D eigenvalue weighted by atomic mass is 10.1. The van der Waals surface area contributed by atoms with E-state index in [4.69, 9.17) is 5.26 Å². The largest absolute Gasteiger partial charge is 0.484 e. The van der Waals surface area contributed by atoms with Crippen molar-refractivity contribution in [3.05, 3.63) is 59.9 Å². The Morgan fingerprint density at radius 1 is 1.18 bits per heavy atom. The summed E-state index contributed by atoms with van der Waals surface area (Å²) in [5, 5.41) is 9.16. The average molecular weight is 304 g/mol. The highest BCUT2D eigenvalue weighted by molar-refractivity contribution is 5.88. The number of benzene rings is 1. The van der Waals surface area contributed by atoms with Crippen LogP contribution < -0.4 is 4.74 Å². The number of allylic oxidation sites excluding steroid dienone is 1. The lowest BCUT2D eigenvalue weighted by Crippen LogP contribution is -2.19. The zero-order chi connectivity index (χ0) is 16.0. The molecule has 0 spiro atoms. The topological polar surface area (TPSA) is 45.9 Å². The summed E-state index contributed by atoms with van der Waals surface area (Å²) in [5.74, 6) is 0.116. The Bertz CT molecular complexity index is 686. The molecule has 1 aromatic carbocycles. The number of aromatic nitrogens is 1. The van der Waals surface area contributed by atoms with Crippen LogP contribution in [0.25, 0.3) is 11.6 Å². The highest BCUT2D eigenvalue weighted by Gasteiger charge is 2.28. The van der Waals surface area contributed by atoms with E-state index < -0.39 is 12.8 Å². The molecule has 112 valence electrons. The maximum absolute atomic E-state index is 12.0. The van der Waals surface area contributed by atoms with Gasteiger partial charge < -0.3 is 4.74 Å². The number of halogens is 3. The third-order valence-electron chi connectivity index (χ3n) is 2.65. The molecule has 0 N–H and O–H groups in total. The zero-order valence-electron chi connectivity index (χ0n) is 11.3. The standard InChI is InChI=1S/C16H11F3N2O/c17-16(18,19)11-22-14-6-4-12(5-7-14)9-13(10-20)15-3-1-2-8-21-15/h1-9H,11H2/b13-9+. The molecule has 22 heavy (non-hydrogen) atoms. The Labute approximate surface area is 125 Å². The fraction of sp³-hybridized carbons (Fsp3) is 0.125. The molecular formula is C16H11F3N2O. The van der Waals surface area contributed by atoms with Crippen molar-refractivity contribution in [2.45, 2.75) is 6.18 Å². The summed E-state index contributed by atoms with van der Waals surface area (Å²) < 4.78 is 40.8. The molecule has 0 saturated carbocycles. The van der Waals surface area contributed by atoms with Gasteiger partial charge in [-0.25, -0.2) is 0 Å². The molecule has 0 saturated heterocycles. The Morgan fingerprint density at radius 3 is 2.45 bits per heavy atom. The van der Waals surface area contributed by atoms with Gasteiger partial charge in [-0.15, -0.1) is 0 Å². The molecule has 1 aromatic heterocycles. The van der Waals surface area contributed by atoms with Crippen molar-refractivity contribution in [3.63, 3.8) is 0 Å². The fourth-order valence-corrected chi connectivity index (χ4v) is 1.68. The minimum atomic E-state index is -4.37. The van der Waals surface area contributed by atoms with E-state index in [2.05, 4.69) is 9.72 Å². The van der Waals surface area contributed by atoms with Crippen molar-refractivity contribution < 1.29 is 17.9 Å². The first-order chi connectivity index (χ1) is 10.5. The van der Waals surface area contributed by atoms with Gasteiger partial charge in [0.15, 0.2) is 6.61 Å². The monoisotopic (exact) mass is 304 g/mol. The normalized spacial score (nSPS) is 11.8. The second-order valence-electron chi connectivity index (χ2n) is 4.36. The van der Waals surface area contributed by atoms with Gasteiger partial charge in [-0.3, -0.25) is 4.98 Å². The van der Waals surface area contributed by atoms with Crippen molar-refractivity contribution in [2.24, 2.45) is 0 Å². The van der Waals surface area contributed by atoms with Crippen LogP contribution in [0.4, 0.5) is 13.2 Å². The smallest absolute Gasteiger partial charge is 0.422 e. The number of alkyl halides is 3. The number of nitrogens with zero attached hydrogens (tertiary/aromatic N) is 2. The van der Waals surface area contributed by atoms with Gasteiger partial charge >= 0.3 is 6.18 Å². The van der Waals surface area contributed by atoms with Crippen LogP contribution in [0, 0.1) is 11.3 Å². The lowest BCUT2D eigenvalue weighted by Gasteiger charge is -2.09. The van der Waals surface area contributed by atoms with Crippen molar-refractivity contribution >= 4 is 11.6 Å². The Hall–Kier alpha value is -2.81. The van der Waals surface area contributed by atoms with Crippen LogP contribution in [0.3, 0.4) is 0 Å². The molecule has 0 aliphatic rings. The molecule has 0 amide bonds. The van der Waals surface area contributed by atoms with Crippen molar-refractivity contribution in [1.29, 1.82) is 5.26 Å². The van der Waals surface area contributed by atoms with E-state index in [9.17, 15) is 13.2 Å². The average Bonchev–Trinajstić information content (AvgIpc) is 2.52. The maximum Gasteiger partial charge on any atom is 0.422 e. The molecule has 3 nitrogen and oxygen atoms in total. The van der Waals surface area contributed by atoms with Gasteiger partial charge in [0, 0.05) is 6.20 Å². The molecule has 0 aliphatic heterocycles. The quantitative estimate of drug-likeness (QED) is 0.799. The second-order valence-corrected chi connectivity index (χ2v) is 4.36. The molecule has 6 heteroatoms. The van der Waals surface area contributed by atoms with Crippen molar-refractivity contribution in [1.82, 2.24) is 4.98 Å². The van der Waals surface area contributed by atoms with Gasteiger partial charge in [0.25, 0.3) is 0 Å². The summed E-state index contributed by atoms with van der Waals surface area (Å²) in [7, 11) is 0. The van der Waals surface area contributed by atoms with Crippen LogP contribution >= 0.6 is 0 Å². The minimum Gasteiger partial charge on any atom is -0.484 e. The number of nitriles is 1. The zero-order valence-corrected chi connectivity index (χ0v) is 11.3. The van der Waals surface area contributed by atoms with E-state index in [1.54, 1.807) is 42.6 Å². The Kier molecular flexibility index (Phi) is 4.79. The third-order valence-corrected chi connectivity index (χ3v) is 2.65. The summed E-state index contributed by atoms with van der Waals surface area (Å²) >= 11 is 0. The molecule has 2 aromatic rings. The van der Waals surface area contributed by atoms with Crippen molar-refractivity contribution in [2.75, 3.05) is 6.61 Å². The van der Waals surface area contributed by atoms with Gasteiger partial charge in [0.05, 0.1) is 11.3 Å². The van der Waals surface area contributed by atoms with E-state index in [1.165, 1.54) is 12.1 Å². The molecule has 0 aliphatic carbocycles. The highest BCUT2D eigenvalue weighted by Crippen LogP contribution is 2.21. The summed E-state index contributed by atoms with van der Waals surface area (Å²) in [6.07, 6.45) is -1.18. The molecule has 0 atom stereocenters. The Morgan fingerprint density at radius 2 is 1.91 bits per heavy atom. The van der Waals surface area contributed by atoms with Gasteiger partial charge in [0.2, 0.25) is 0 Å². The maximum atomic E-state index is 12.0. The molecule has 0 fully saturated rings. The van der Waals surface area contributed by atoms with Gasteiger partial charge in [0.1, 0.15) is 11.8 Å². The molecule has 0 radical (unpaired) electrons. The summed E-state index contributed by atoms with van der Waals surface area (Å²) in [4.78, 5) is 4.08. The van der Waals surface area contributed by atoms with Gasteiger partial charge in [-0.2, -0.15) is 18.4 Å². The molecular weight excluding hydrogens is 293 g/mol. The fourth-order valence-electron chi connectivity index (χ4n) is 1.68. The number of rotatable bonds is 4. The summed E-state index contributed by atoms with van der Waals surface area (Å²) in [6, 6.07) is 13.3. The highest BCUT2D eigenvalue weighted by atomic mass is 19.4. The molecule has 1 heterocycles. The first-order valence-corrected chi connectivity index (χ1v) is 6.31. The van der Waals surface area contributed by atoms with Gasteiger partial charge in [-0.1, -0.05) is 18.2 Å². The number of ether oxygens (including phenoxy) is 1. The van der Waals surface area contributed by atoms with Crippen LogP contribution in [0.1, 0.15) is 11.3 Å². The van der Waals surface area contributed by atoms with Crippen LogP contribution in [0.15, 0.2) is 48.7 Å². The predicted octanol–water partition coefficient (Wildman–Crippen LogP) is 4.09. The van der Waals surface area contributed by atoms with Gasteiger partial charge in [-0.05, 0) is 35.9 Å². The van der Waals surface area contributed by atoms with Crippen LogP contribution in [-0.4, -0.2) is 17.8 Å². The SMILES string of the molecule is N#C/C(=C\c1ccc(OCC(F)(F)F)cc1)c1ccccn1. The third kappa shape index (κ3) is 4.63. The van der Waals surface area contributed by atoms with E-state index in [0.717, 1.165) is 0 Å². The Balaban J connectivity index is 2.13. The lowest BCUT2D eigenvalue weighted by molar-refractivity contribution is -0.153. The minimum absolute atomic E-state index is 0.116. The van der Waals surface area contributed by atoms with Crippen LogP contribution in [0.5, 0.6) is 5.75 Å². The van der Waals surface area contributed by atoms with E-state index in [0.29, 0.717) is 16.8 Å². The summed E-state index contributed by atoms with van der Waals surface area (Å²) in [5.41, 5.74) is 1.56. The second kappa shape index (κ2) is 6.76. The van der Waals surface area contributed by atoms with E-state index in [-0.39, 0.29) is 5.75 Å². The summed E-state index contributed by atoms with van der Waals surface area (Å²) in [6.45, 7) is -1.33. The number of hydrogen-bond acceptors (Lipinski definition) is 3. The first-order valence-electron chi connectivity index (χ1n) is 6.31. The van der Waals surface area contributed by atoms with Crippen LogP contribution in [-0.2, 0) is 0 Å².